The summed E-state index contributed by atoms with van der Waals surface area (Å²) < 4.78 is 2.36. The van der Waals surface area contributed by atoms with Gasteiger partial charge in [0.05, 0.1) is 17.6 Å². The molecule has 0 spiro atoms. The molecule has 1 aromatic carbocycles. The van der Waals surface area contributed by atoms with Crippen molar-refractivity contribution in [3.63, 3.8) is 0 Å². The first-order valence-corrected chi connectivity index (χ1v) is 11.2. The largest absolute Gasteiger partial charge is 0.369 e. The van der Waals surface area contributed by atoms with Gasteiger partial charge in [-0.1, -0.05) is 12.1 Å². The summed E-state index contributed by atoms with van der Waals surface area (Å²) in [6, 6.07) is 8.68. The summed E-state index contributed by atoms with van der Waals surface area (Å²) in [6.45, 7) is 7.93. The average molecular weight is 412 g/mol. The van der Waals surface area contributed by atoms with E-state index in [1.807, 2.05) is 11.0 Å². The number of hydrogen-bond acceptors (Lipinski definition) is 4. The first kappa shape index (κ1) is 20.8. The fraction of sp³-hybridized carbons (Fsp3) is 0.609. The molecule has 162 valence electrons. The number of piperidine rings is 2. The number of aromatic nitrogens is 2. The van der Waals surface area contributed by atoms with E-state index in [1.165, 1.54) is 5.52 Å². The third kappa shape index (κ3) is 4.21. The van der Waals surface area contributed by atoms with Crippen LogP contribution in [-0.4, -0.2) is 63.9 Å². The smallest absolute Gasteiger partial charge is 0.236 e. The van der Waals surface area contributed by atoms with Crippen molar-refractivity contribution in [2.45, 2.75) is 51.5 Å². The summed E-state index contributed by atoms with van der Waals surface area (Å²) in [5, 5.41) is 0. The van der Waals surface area contributed by atoms with E-state index in [0.29, 0.717) is 44.4 Å². The number of amides is 2. The fourth-order valence-corrected chi connectivity index (χ4v) is 5.01. The predicted molar refractivity (Wildman–Crippen MR) is 117 cm³/mol. The molecule has 2 aliphatic rings. The zero-order chi connectivity index (χ0) is 21.3. The van der Waals surface area contributed by atoms with Crippen LogP contribution in [0.5, 0.6) is 0 Å². The van der Waals surface area contributed by atoms with E-state index in [1.54, 1.807) is 0 Å². The normalized spacial score (nSPS) is 21.4. The summed E-state index contributed by atoms with van der Waals surface area (Å²) in [5.74, 6) is 1.31. The van der Waals surface area contributed by atoms with Gasteiger partial charge in [0.15, 0.2) is 0 Å². The zero-order valence-corrected chi connectivity index (χ0v) is 18.1. The highest BCUT2D eigenvalue weighted by molar-refractivity contribution is 5.80. The molecule has 2 aromatic rings. The average Bonchev–Trinajstić information content (AvgIpc) is 3.14. The molecule has 1 atom stereocenters. The van der Waals surface area contributed by atoms with E-state index < -0.39 is 0 Å². The van der Waals surface area contributed by atoms with Gasteiger partial charge in [-0.05, 0) is 58.2 Å². The van der Waals surface area contributed by atoms with Crippen LogP contribution in [0.1, 0.15) is 57.3 Å². The minimum Gasteiger partial charge on any atom is -0.369 e. The molecule has 0 unspecified atom stereocenters. The van der Waals surface area contributed by atoms with Crippen molar-refractivity contribution in [3.05, 3.63) is 30.1 Å². The van der Waals surface area contributed by atoms with Crippen LogP contribution in [0.15, 0.2) is 24.3 Å². The highest BCUT2D eigenvalue weighted by Crippen LogP contribution is 2.31. The van der Waals surface area contributed by atoms with Gasteiger partial charge in [0.1, 0.15) is 5.82 Å². The predicted octanol–water partition coefficient (Wildman–Crippen LogP) is 2.52. The first-order valence-electron chi connectivity index (χ1n) is 11.2. The standard InChI is InChI=1S/C23H33N5O2/c1-16(2)28-20-8-4-3-7-19(20)25-23(28)18-6-5-11-26(14-18)15-21(29)27-12-9-17(10-13-27)22(24)30/h3-4,7-8,16-18H,5-6,9-15H2,1-2H3,(H2,24,30)/t18-/m1/s1. The van der Waals surface area contributed by atoms with Gasteiger partial charge in [0.2, 0.25) is 11.8 Å². The van der Waals surface area contributed by atoms with Gasteiger partial charge in [-0.15, -0.1) is 0 Å². The van der Waals surface area contributed by atoms with Gasteiger partial charge >= 0.3 is 0 Å². The van der Waals surface area contributed by atoms with E-state index in [0.717, 1.165) is 37.3 Å². The summed E-state index contributed by atoms with van der Waals surface area (Å²) in [7, 11) is 0. The van der Waals surface area contributed by atoms with Crippen molar-refractivity contribution >= 4 is 22.8 Å². The maximum absolute atomic E-state index is 12.8. The van der Waals surface area contributed by atoms with Crippen LogP contribution >= 0.6 is 0 Å². The molecule has 0 saturated carbocycles. The van der Waals surface area contributed by atoms with Gasteiger partial charge in [0.25, 0.3) is 0 Å². The van der Waals surface area contributed by atoms with Crippen LogP contribution in [-0.2, 0) is 9.59 Å². The Morgan fingerprint density at radius 2 is 1.87 bits per heavy atom. The second kappa shape index (κ2) is 8.76. The summed E-state index contributed by atoms with van der Waals surface area (Å²) >= 11 is 0. The molecule has 4 rings (SSSR count). The van der Waals surface area contributed by atoms with Gasteiger partial charge in [-0.2, -0.15) is 0 Å². The van der Waals surface area contributed by atoms with Crippen LogP contribution in [0.2, 0.25) is 0 Å². The second-order valence-electron chi connectivity index (χ2n) is 9.05. The van der Waals surface area contributed by atoms with E-state index in [2.05, 4.69) is 41.5 Å². The second-order valence-corrected chi connectivity index (χ2v) is 9.05. The fourth-order valence-electron chi connectivity index (χ4n) is 5.01. The van der Waals surface area contributed by atoms with E-state index in [4.69, 9.17) is 10.7 Å². The van der Waals surface area contributed by atoms with Gasteiger partial charge in [-0.25, -0.2) is 4.98 Å². The topological polar surface area (TPSA) is 84.5 Å². The SMILES string of the molecule is CC(C)n1c([C@@H]2CCCN(CC(=O)N3CCC(C(N)=O)CC3)C2)nc2ccccc21. The molecule has 3 heterocycles. The molecule has 0 bridgehead atoms. The Kier molecular flexibility index (Phi) is 6.09. The lowest BCUT2D eigenvalue weighted by Gasteiger charge is -2.36. The van der Waals surface area contributed by atoms with E-state index >= 15 is 0 Å². The minimum atomic E-state index is -0.242. The highest BCUT2D eigenvalue weighted by Gasteiger charge is 2.30. The number of carbonyl (C=O) groups excluding carboxylic acids is 2. The molecule has 2 N–H and O–H groups in total. The van der Waals surface area contributed by atoms with Crippen molar-refractivity contribution in [3.8, 4) is 0 Å². The maximum Gasteiger partial charge on any atom is 0.236 e. The number of likely N-dealkylation sites (tertiary alicyclic amines) is 2. The minimum absolute atomic E-state index is 0.0857. The van der Waals surface area contributed by atoms with Gasteiger partial charge in [0, 0.05) is 37.5 Å². The summed E-state index contributed by atoms with van der Waals surface area (Å²) in [6.07, 6.45) is 3.54. The molecule has 7 heteroatoms. The number of hydrogen-bond donors (Lipinski definition) is 1. The first-order chi connectivity index (χ1) is 14.4. The van der Waals surface area contributed by atoms with Crippen molar-refractivity contribution in [2.24, 2.45) is 11.7 Å². The lowest BCUT2D eigenvalue weighted by atomic mass is 9.95. The molecule has 2 fully saturated rings. The number of rotatable bonds is 5. The van der Waals surface area contributed by atoms with Crippen LogP contribution in [0.4, 0.5) is 0 Å². The Morgan fingerprint density at radius 1 is 1.13 bits per heavy atom. The van der Waals surface area contributed by atoms with E-state index in [9.17, 15) is 9.59 Å². The van der Waals surface area contributed by atoms with Crippen LogP contribution in [0.3, 0.4) is 0 Å². The zero-order valence-electron chi connectivity index (χ0n) is 18.1. The molecule has 2 aliphatic heterocycles. The number of nitrogens with zero attached hydrogens (tertiary/aromatic N) is 4. The molecule has 30 heavy (non-hydrogen) atoms. The number of imidazole rings is 1. The van der Waals surface area contributed by atoms with Crippen molar-refractivity contribution in [1.29, 1.82) is 0 Å². The number of primary amides is 1. The molecule has 1 aromatic heterocycles. The lowest BCUT2D eigenvalue weighted by Crippen LogP contribution is -2.47. The number of benzene rings is 1. The number of nitrogens with two attached hydrogens (primary N) is 1. The molecule has 2 amide bonds. The van der Waals surface area contributed by atoms with Crippen LogP contribution in [0.25, 0.3) is 11.0 Å². The number of fused-ring (bicyclic) bond motifs is 1. The Balaban J connectivity index is 1.43. The van der Waals surface area contributed by atoms with Gasteiger partial charge in [-0.3, -0.25) is 14.5 Å². The molecular formula is C23H33N5O2. The van der Waals surface area contributed by atoms with Crippen molar-refractivity contribution in [1.82, 2.24) is 19.4 Å². The Morgan fingerprint density at radius 3 is 2.57 bits per heavy atom. The Hall–Kier alpha value is -2.41. The number of para-hydroxylation sites is 2. The molecule has 2 saturated heterocycles. The third-order valence-corrected chi connectivity index (χ3v) is 6.62. The summed E-state index contributed by atoms with van der Waals surface area (Å²) in [5.41, 5.74) is 7.65. The van der Waals surface area contributed by atoms with Crippen molar-refractivity contribution < 1.29 is 9.59 Å². The van der Waals surface area contributed by atoms with Crippen LogP contribution in [0, 0.1) is 5.92 Å². The van der Waals surface area contributed by atoms with E-state index in [-0.39, 0.29) is 17.7 Å². The van der Waals surface area contributed by atoms with Crippen LogP contribution < -0.4 is 5.73 Å². The third-order valence-electron chi connectivity index (χ3n) is 6.62. The van der Waals surface area contributed by atoms with Gasteiger partial charge < -0.3 is 15.2 Å². The monoisotopic (exact) mass is 411 g/mol. The Bertz CT molecular complexity index is 913. The maximum atomic E-state index is 12.8. The highest BCUT2D eigenvalue weighted by atomic mass is 16.2. The van der Waals surface area contributed by atoms with Crippen molar-refractivity contribution in [2.75, 3.05) is 32.7 Å². The number of carbonyl (C=O) groups is 2. The Labute approximate surface area is 178 Å². The lowest BCUT2D eigenvalue weighted by molar-refractivity contribution is -0.136. The molecule has 7 nitrogen and oxygen atoms in total. The molecule has 0 radical (unpaired) electrons. The summed E-state index contributed by atoms with van der Waals surface area (Å²) in [4.78, 5) is 33.4. The molecule has 0 aliphatic carbocycles. The quantitative estimate of drug-likeness (QED) is 0.819. The molecular weight excluding hydrogens is 378 g/mol.